The second-order valence-electron chi connectivity index (χ2n) is 18.2. The summed E-state index contributed by atoms with van der Waals surface area (Å²) in [5.41, 5.74) is 14.7. The maximum atomic E-state index is 5.58. The van der Waals surface area contributed by atoms with E-state index in [1.807, 2.05) is 6.07 Å². The second-order valence-corrected chi connectivity index (χ2v) is 18.2. The van der Waals surface area contributed by atoms with Crippen LogP contribution in [0.15, 0.2) is 237 Å². The first kappa shape index (κ1) is 39.6. The number of fused-ring (bicyclic) bond motifs is 8. The number of aromatic nitrogens is 4. The molecule has 320 valence electrons. The van der Waals surface area contributed by atoms with Gasteiger partial charge in [0.1, 0.15) is 0 Å². The van der Waals surface area contributed by atoms with E-state index in [1.165, 1.54) is 49.0 Å². The molecule has 1 aliphatic rings. The molecule has 3 aromatic heterocycles. The summed E-state index contributed by atoms with van der Waals surface area (Å²) in [7, 11) is 0. The van der Waals surface area contributed by atoms with Gasteiger partial charge < -0.3 is 4.57 Å². The predicted molar refractivity (Wildman–Crippen MR) is 284 cm³/mol. The Morgan fingerprint density at radius 1 is 0.456 bits per heavy atom. The lowest BCUT2D eigenvalue weighted by molar-refractivity contribution is 0.589. The number of pyridine rings is 1. The summed E-state index contributed by atoms with van der Waals surface area (Å²) < 4.78 is 2.43. The van der Waals surface area contributed by atoms with Gasteiger partial charge in [-0.15, -0.1) is 0 Å². The molecule has 0 amide bonds. The van der Waals surface area contributed by atoms with Crippen LogP contribution in [0.1, 0.15) is 24.6 Å². The normalized spacial score (nSPS) is 14.9. The minimum absolute atomic E-state index is 0.364. The first-order valence-electron chi connectivity index (χ1n) is 23.4. The molecule has 0 radical (unpaired) electrons. The highest BCUT2D eigenvalue weighted by Crippen LogP contribution is 2.46. The van der Waals surface area contributed by atoms with Crippen LogP contribution in [0.4, 0.5) is 0 Å². The number of nitrogens with zero attached hydrogens (tertiary/aromatic N) is 4. The standard InChI is InChI=1S/C64H44N4/c1-64(37-35-43(36-38-64)55-40-47-21-8-9-24-50(47)51-25-10-11-26-52(51)55)62-60-54-28-13-15-30-59(54)68(61(60)53-27-12-14-29-56(53)65-62)49-33-31-45(32-34-49)63-66-57(44-19-6-3-7-20-44)41-58(67-63)48-23-16-22-46(39-48)42-17-4-2-5-18-42/h2-37,39-41H,38H2,1H3. The Bertz CT molecular complexity index is 4000. The van der Waals surface area contributed by atoms with Gasteiger partial charge in [-0.2, -0.15) is 0 Å². The predicted octanol–water partition coefficient (Wildman–Crippen LogP) is 16.4. The van der Waals surface area contributed by atoms with Gasteiger partial charge in [-0.3, -0.25) is 4.98 Å². The van der Waals surface area contributed by atoms with Crippen LogP contribution >= 0.6 is 0 Å². The quantitative estimate of drug-likeness (QED) is 0.150. The summed E-state index contributed by atoms with van der Waals surface area (Å²) >= 11 is 0. The molecule has 1 unspecified atom stereocenters. The molecule has 3 heterocycles. The van der Waals surface area contributed by atoms with Crippen molar-refractivity contribution >= 4 is 59.8 Å². The van der Waals surface area contributed by atoms with Crippen LogP contribution in [0.3, 0.4) is 0 Å². The van der Waals surface area contributed by atoms with Crippen molar-refractivity contribution in [2.24, 2.45) is 0 Å². The van der Waals surface area contributed by atoms with E-state index < -0.39 is 0 Å². The fourth-order valence-electron chi connectivity index (χ4n) is 10.5. The molecule has 0 bridgehead atoms. The second kappa shape index (κ2) is 16.0. The van der Waals surface area contributed by atoms with Gasteiger partial charge in [0.25, 0.3) is 0 Å². The smallest absolute Gasteiger partial charge is 0.160 e. The maximum Gasteiger partial charge on any atom is 0.160 e. The lowest BCUT2D eigenvalue weighted by Gasteiger charge is -2.29. The van der Waals surface area contributed by atoms with E-state index in [0.717, 1.165) is 73.4 Å². The van der Waals surface area contributed by atoms with E-state index in [9.17, 15) is 0 Å². The van der Waals surface area contributed by atoms with Crippen LogP contribution in [-0.4, -0.2) is 19.5 Å². The Hall–Kier alpha value is -8.73. The Kier molecular flexibility index (Phi) is 9.33. The van der Waals surface area contributed by atoms with Gasteiger partial charge >= 0.3 is 0 Å². The minimum Gasteiger partial charge on any atom is -0.308 e. The average molecular weight is 869 g/mol. The Morgan fingerprint density at radius 3 is 1.84 bits per heavy atom. The van der Waals surface area contributed by atoms with Gasteiger partial charge in [0.2, 0.25) is 0 Å². The van der Waals surface area contributed by atoms with Crippen molar-refractivity contribution in [2.45, 2.75) is 18.8 Å². The van der Waals surface area contributed by atoms with Gasteiger partial charge in [0.05, 0.1) is 33.6 Å². The minimum atomic E-state index is -0.364. The average Bonchev–Trinajstić information content (AvgIpc) is 3.76. The molecule has 0 fully saturated rings. The topological polar surface area (TPSA) is 43.6 Å². The first-order chi connectivity index (χ1) is 33.6. The summed E-state index contributed by atoms with van der Waals surface area (Å²) in [5, 5.41) is 8.59. The van der Waals surface area contributed by atoms with Crippen LogP contribution in [0.2, 0.25) is 0 Å². The third kappa shape index (κ3) is 6.64. The third-order valence-electron chi connectivity index (χ3n) is 13.9. The van der Waals surface area contributed by atoms with Crippen molar-refractivity contribution < 1.29 is 0 Å². The molecule has 4 heteroatoms. The number of hydrogen-bond donors (Lipinski definition) is 0. The molecule has 9 aromatic carbocycles. The maximum absolute atomic E-state index is 5.58. The third-order valence-corrected chi connectivity index (χ3v) is 13.9. The molecule has 0 aliphatic heterocycles. The molecule has 12 aromatic rings. The number of hydrogen-bond acceptors (Lipinski definition) is 3. The fourth-order valence-corrected chi connectivity index (χ4v) is 10.5. The Morgan fingerprint density at radius 2 is 1.07 bits per heavy atom. The number of benzene rings is 9. The van der Waals surface area contributed by atoms with E-state index in [4.69, 9.17) is 15.0 Å². The van der Waals surface area contributed by atoms with Crippen molar-refractivity contribution in [1.29, 1.82) is 0 Å². The highest BCUT2D eigenvalue weighted by Gasteiger charge is 2.32. The first-order valence-corrected chi connectivity index (χ1v) is 23.4. The van der Waals surface area contributed by atoms with Gasteiger partial charge in [-0.1, -0.05) is 189 Å². The van der Waals surface area contributed by atoms with E-state index in [1.54, 1.807) is 0 Å². The molecule has 68 heavy (non-hydrogen) atoms. The van der Waals surface area contributed by atoms with E-state index >= 15 is 0 Å². The summed E-state index contributed by atoms with van der Waals surface area (Å²) in [6, 6.07) is 77.7. The largest absolute Gasteiger partial charge is 0.308 e. The molecule has 0 spiro atoms. The van der Waals surface area contributed by atoms with Crippen LogP contribution in [0, 0.1) is 0 Å². The van der Waals surface area contributed by atoms with E-state index in [2.05, 4.69) is 242 Å². The SMILES string of the molecule is CC1(c2nc3ccccc3c3c2c2ccccc2n3-c2ccc(-c3nc(-c4ccccc4)cc(-c4cccc(-c5ccccc5)c4)n3)cc2)C=CC(c2cc3ccccc3c3ccccc23)=CC1. The van der Waals surface area contributed by atoms with Crippen LogP contribution in [-0.2, 0) is 5.41 Å². The summed E-state index contributed by atoms with van der Waals surface area (Å²) in [6.07, 6.45) is 7.98. The summed E-state index contributed by atoms with van der Waals surface area (Å²) in [5.74, 6) is 0.679. The Balaban J connectivity index is 0.932. The monoisotopic (exact) mass is 868 g/mol. The zero-order valence-corrected chi connectivity index (χ0v) is 37.5. The molecule has 4 nitrogen and oxygen atoms in total. The van der Waals surface area contributed by atoms with Gasteiger partial charge in [0.15, 0.2) is 5.82 Å². The van der Waals surface area contributed by atoms with Crippen molar-refractivity contribution in [3.05, 3.63) is 248 Å². The summed E-state index contributed by atoms with van der Waals surface area (Å²) in [4.78, 5) is 16.0. The Labute approximate surface area is 394 Å². The van der Waals surface area contributed by atoms with Gasteiger partial charge in [0, 0.05) is 44.0 Å². The molecule has 1 atom stereocenters. The van der Waals surface area contributed by atoms with Crippen molar-refractivity contribution in [3.63, 3.8) is 0 Å². The molecule has 0 saturated heterocycles. The lowest BCUT2D eigenvalue weighted by Crippen LogP contribution is -2.22. The number of para-hydroxylation sites is 2. The number of rotatable bonds is 7. The van der Waals surface area contributed by atoms with Crippen LogP contribution < -0.4 is 0 Å². The fraction of sp³-hybridized carbons (Fsp3) is 0.0469. The zero-order chi connectivity index (χ0) is 45.2. The van der Waals surface area contributed by atoms with Crippen molar-refractivity contribution in [1.82, 2.24) is 19.5 Å². The molecular weight excluding hydrogens is 825 g/mol. The zero-order valence-electron chi connectivity index (χ0n) is 37.5. The highest BCUT2D eigenvalue weighted by molar-refractivity contribution is 6.19. The summed E-state index contributed by atoms with van der Waals surface area (Å²) in [6.45, 7) is 2.35. The highest BCUT2D eigenvalue weighted by atomic mass is 15.0. The van der Waals surface area contributed by atoms with Gasteiger partial charge in [-0.25, -0.2) is 9.97 Å². The molecule has 13 rings (SSSR count). The molecule has 1 aliphatic carbocycles. The molecular formula is C64H44N4. The van der Waals surface area contributed by atoms with Crippen LogP contribution in [0.5, 0.6) is 0 Å². The lowest BCUT2D eigenvalue weighted by atomic mass is 9.76. The molecule has 0 N–H and O–H groups in total. The molecule has 0 saturated carbocycles. The van der Waals surface area contributed by atoms with Gasteiger partial charge in [-0.05, 0) is 105 Å². The van der Waals surface area contributed by atoms with E-state index in [0.29, 0.717) is 5.82 Å². The van der Waals surface area contributed by atoms with Crippen molar-refractivity contribution in [2.75, 3.05) is 0 Å². The van der Waals surface area contributed by atoms with Crippen molar-refractivity contribution in [3.8, 4) is 50.7 Å². The van der Waals surface area contributed by atoms with Crippen LogP contribution in [0.25, 0.3) is 111 Å². The van der Waals surface area contributed by atoms with E-state index in [-0.39, 0.29) is 5.41 Å². The number of allylic oxidation sites excluding steroid dienone is 4.